The van der Waals surface area contributed by atoms with E-state index >= 15 is 0 Å². The SMILES string of the molecule is O=C1NC(Cc2c[nH]c3ccccc23)C(=O)N1CC(=O)N(Cc1ccccc1F)C1CC1. The molecular formula is C24H23FN4O3. The van der Waals surface area contributed by atoms with Gasteiger partial charge in [-0.1, -0.05) is 36.4 Å². The molecule has 2 N–H and O–H groups in total. The molecule has 1 unspecified atom stereocenters. The van der Waals surface area contributed by atoms with Gasteiger partial charge >= 0.3 is 6.03 Å². The molecule has 1 saturated carbocycles. The van der Waals surface area contributed by atoms with Crippen molar-refractivity contribution in [2.75, 3.05) is 6.54 Å². The van der Waals surface area contributed by atoms with Crippen molar-refractivity contribution in [3.05, 3.63) is 71.7 Å². The molecule has 2 aliphatic rings. The summed E-state index contributed by atoms with van der Waals surface area (Å²) in [6.07, 6.45) is 3.84. The smallest absolute Gasteiger partial charge is 0.325 e. The highest BCUT2D eigenvalue weighted by atomic mass is 19.1. The molecule has 0 bridgehead atoms. The van der Waals surface area contributed by atoms with Crippen LogP contribution in [-0.2, 0) is 22.6 Å². The third-order valence-corrected chi connectivity index (χ3v) is 6.11. The lowest BCUT2D eigenvalue weighted by atomic mass is 10.1. The number of hydrogen-bond acceptors (Lipinski definition) is 3. The van der Waals surface area contributed by atoms with Gasteiger partial charge in [0.15, 0.2) is 0 Å². The Hall–Kier alpha value is -3.68. The molecule has 2 fully saturated rings. The summed E-state index contributed by atoms with van der Waals surface area (Å²) in [5, 5.41) is 3.69. The summed E-state index contributed by atoms with van der Waals surface area (Å²) in [7, 11) is 0. The molecule has 0 radical (unpaired) electrons. The van der Waals surface area contributed by atoms with Crippen LogP contribution in [0.25, 0.3) is 10.9 Å². The molecule has 4 amide bonds. The maximum atomic E-state index is 14.1. The number of benzene rings is 2. The number of aromatic nitrogens is 1. The first-order valence-corrected chi connectivity index (χ1v) is 10.7. The summed E-state index contributed by atoms with van der Waals surface area (Å²) in [6, 6.07) is 12.8. The lowest BCUT2D eigenvalue weighted by Gasteiger charge is -2.24. The van der Waals surface area contributed by atoms with E-state index in [1.807, 2.05) is 30.5 Å². The number of amides is 4. The maximum Gasteiger partial charge on any atom is 0.325 e. The number of fused-ring (bicyclic) bond motifs is 1. The average molecular weight is 434 g/mol. The summed E-state index contributed by atoms with van der Waals surface area (Å²) in [4.78, 5) is 44.2. The van der Waals surface area contributed by atoms with Gasteiger partial charge in [-0.05, 0) is 30.5 Å². The zero-order chi connectivity index (χ0) is 22.2. The molecule has 3 aromatic rings. The molecule has 2 aromatic carbocycles. The normalized spacial score (nSPS) is 18.3. The van der Waals surface area contributed by atoms with E-state index in [1.54, 1.807) is 23.1 Å². The minimum absolute atomic E-state index is 0.0184. The molecule has 1 aliphatic heterocycles. The molecule has 1 saturated heterocycles. The molecule has 2 heterocycles. The summed E-state index contributed by atoms with van der Waals surface area (Å²) in [5.41, 5.74) is 2.30. The van der Waals surface area contributed by atoms with Gasteiger partial charge in [0.25, 0.3) is 5.91 Å². The van der Waals surface area contributed by atoms with Gasteiger partial charge in [-0.2, -0.15) is 0 Å². The van der Waals surface area contributed by atoms with Gasteiger partial charge in [-0.15, -0.1) is 0 Å². The van der Waals surface area contributed by atoms with Crippen molar-refractivity contribution in [2.24, 2.45) is 0 Å². The Morgan fingerprint density at radius 3 is 2.59 bits per heavy atom. The van der Waals surface area contributed by atoms with Gasteiger partial charge in [0, 0.05) is 41.7 Å². The number of carbonyl (C=O) groups is 3. The first-order valence-electron chi connectivity index (χ1n) is 10.7. The standard InChI is InChI=1S/C24H23FN4O3/c25-19-7-3-1-5-15(19)13-28(17-9-10-17)22(30)14-29-23(31)21(27-24(29)32)11-16-12-26-20-8-4-2-6-18(16)20/h1-8,12,17,21,26H,9-11,13-14H2,(H,27,32). The van der Waals surface area contributed by atoms with Crippen molar-refractivity contribution in [2.45, 2.75) is 37.9 Å². The summed E-state index contributed by atoms with van der Waals surface area (Å²) < 4.78 is 14.1. The largest absolute Gasteiger partial charge is 0.361 e. The van der Waals surface area contributed by atoms with Crippen molar-refractivity contribution in [1.82, 2.24) is 20.1 Å². The number of nitrogens with one attached hydrogen (secondary N) is 2. The van der Waals surface area contributed by atoms with Crippen LogP contribution in [0.1, 0.15) is 24.0 Å². The quantitative estimate of drug-likeness (QED) is 0.561. The highest BCUT2D eigenvalue weighted by molar-refractivity contribution is 6.06. The Labute approximate surface area is 184 Å². The van der Waals surface area contributed by atoms with E-state index < -0.39 is 18.0 Å². The lowest BCUT2D eigenvalue weighted by Crippen LogP contribution is -2.44. The van der Waals surface area contributed by atoms with Crippen molar-refractivity contribution in [1.29, 1.82) is 0 Å². The number of aromatic amines is 1. The number of H-pyrrole nitrogens is 1. The predicted octanol–water partition coefficient (Wildman–Crippen LogP) is 2.96. The molecule has 8 heteroatoms. The van der Waals surface area contributed by atoms with Gasteiger partial charge in [0.1, 0.15) is 18.4 Å². The predicted molar refractivity (Wildman–Crippen MR) is 116 cm³/mol. The molecule has 164 valence electrons. The molecular weight excluding hydrogens is 411 g/mol. The number of hydrogen-bond donors (Lipinski definition) is 2. The fraction of sp³-hybridized carbons (Fsp3) is 0.292. The van der Waals surface area contributed by atoms with Crippen LogP contribution in [-0.4, -0.2) is 51.3 Å². The number of urea groups is 1. The van der Waals surface area contributed by atoms with E-state index in [0.29, 0.717) is 12.0 Å². The number of para-hydroxylation sites is 1. The van der Waals surface area contributed by atoms with Crippen molar-refractivity contribution >= 4 is 28.7 Å². The third kappa shape index (κ3) is 3.84. The molecule has 1 aromatic heterocycles. The van der Waals surface area contributed by atoms with Crippen LogP contribution >= 0.6 is 0 Å². The second-order valence-electron chi connectivity index (χ2n) is 8.33. The first kappa shape index (κ1) is 20.2. The summed E-state index contributed by atoms with van der Waals surface area (Å²) in [5.74, 6) is -1.15. The molecule has 1 atom stereocenters. The van der Waals surface area contributed by atoms with Gasteiger partial charge < -0.3 is 15.2 Å². The first-order chi connectivity index (χ1) is 15.5. The zero-order valence-electron chi connectivity index (χ0n) is 17.4. The average Bonchev–Trinajstić information content (AvgIpc) is 3.50. The highest BCUT2D eigenvalue weighted by Gasteiger charge is 2.41. The van der Waals surface area contributed by atoms with Crippen LogP contribution in [0.15, 0.2) is 54.7 Å². The fourth-order valence-corrected chi connectivity index (χ4v) is 4.23. The van der Waals surface area contributed by atoms with Crippen molar-refractivity contribution < 1.29 is 18.8 Å². The van der Waals surface area contributed by atoms with Gasteiger partial charge in [0.2, 0.25) is 5.91 Å². The maximum absolute atomic E-state index is 14.1. The molecule has 32 heavy (non-hydrogen) atoms. The Kier molecular flexibility index (Phi) is 5.13. The molecule has 1 aliphatic carbocycles. The summed E-state index contributed by atoms with van der Waals surface area (Å²) >= 11 is 0. The monoisotopic (exact) mass is 434 g/mol. The molecule has 0 spiro atoms. The van der Waals surface area contributed by atoms with Crippen LogP contribution in [0.2, 0.25) is 0 Å². The molecule has 5 rings (SSSR count). The second-order valence-corrected chi connectivity index (χ2v) is 8.33. The van der Waals surface area contributed by atoms with Crippen LogP contribution in [0.4, 0.5) is 9.18 Å². The van der Waals surface area contributed by atoms with E-state index in [1.165, 1.54) is 6.07 Å². The van der Waals surface area contributed by atoms with E-state index in [0.717, 1.165) is 34.2 Å². The van der Waals surface area contributed by atoms with Crippen LogP contribution < -0.4 is 5.32 Å². The van der Waals surface area contributed by atoms with Crippen LogP contribution in [0.3, 0.4) is 0 Å². The number of rotatable bonds is 7. The van der Waals surface area contributed by atoms with Crippen LogP contribution in [0, 0.1) is 5.82 Å². The van der Waals surface area contributed by atoms with E-state index in [-0.39, 0.29) is 30.9 Å². The summed E-state index contributed by atoms with van der Waals surface area (Å²) in [6.45, 7) is -0.224. The van der Waals surface area contributed by atoms with Gasteiger partial charge in [-0.3, -0.25) is 14.5 Å². The number of halogens is 1. The lowest BCUT2D eigenvalue weighted by molar-refractivity contribution is -0.138. The van der Waals surface area contributed by atoms with Crippen molar-refractivity contribution in [3.63, 3.8) is 0 Å². The fourth-order valence-electron chi connectivity index (χ4n) is 4.23. The van der Waals surface area contributed by atoms with Crippen molar-refractivity contribution in [3.8, 4) is 0 Å². The Morgan fingerprint density at radius 2 is 1.81 bits per heavy atom. The van der Waals surface area contributed by atoms with E-state index in [2.05, 4.69) is 10.3 Å². The Morgan fingerprint density at radius 1 is 1.06 bits per heavy atom. The van der Waals surface area contributed by atoms with E-state index in [4.69, 9.17) is 0 Å². The van der Waals surface area contributed by atoms with Gasteiger partial charge in [-0.25, -0.2) is 9.18 Å². The second kappa shape index (κ2) is 8.11. The minimum Gasteiger partial charge on any atom is -0.361 e. The number of nitrogens with zero attached hydrogens (tertiary/aromatic N) is 2. The number of carbonyl (C=O) groups excluding carboxylic acids is 3. The minimum atomic E-state index is -0.726. The molecule has 7 nitrogen and oxygen atoms in total. The van der Waals surface area contributed by atoms with E-state index in [9.17, 15) is 18.8 Å². The zero-order valence-corrected chi connectivity index (χ0v) is 17.4. The highest BCUT2D eigenvalue weighted by Crippen LogP contribution is 2.29. The topological polar surface area (TPSA) is 85.5 Å². The Bertz CT molecular complexity index is 1200. The number of imide groups is 1. The van der Waals surface area contributed by atoms with Crippen LogP contribution in [0.5, 0.6) is 0 Å². The Balaban J connectivity index is 1.28. The third-order valence-electron chi connectivity index (χ3n) is 6.11. The van der Waals surface area contributed by atoms with Gasteiger partial charge in [0.05, 0.1) is 0 Å².